The number of alkyl halides is 3. The van der Waals surface area contributed by atoms with Gasteiger partial charge in [-0.3, -0.25) is 0 Å². The van der Waals surface area contributed by atoms with Crippen LogP contribution < -0.4 is 4.74 Å². The maximum atomic E-state index is 12.2. The van der Waals surface area contributed by atoms with Gasteiger partial charge in [-0.1, -0.05) is 12.1 Å². The van der Waals surface area contributed by atoms with Crippen LogP contribution in [0.2, 0.25) is 0 Å². The first-order valence-electron chi connectivity index (χ1n) is 6.19. The van der Waals surface area contributed by atoms with Crippen LogP contribution in [0.25, 0.3) is 0 Å². The molecule has 1 heterocycles. The second-order valence-corrected chi connectivity index (χ2v) is 4.74. The van der Waals surface area contributed by atoms with Gasteiger partial charge in [0.15, 0.2) is 0 Å². The van der Waals surface area contributed by atoms with Crippen molar-refractivity contribution >= 4 is 0 Å². The van der Waals surface area contributed by atoms with Crippen LogP contribution in [0, 0.1) is 0 Å². The summed E-state index contributed by atoms with van der Waals surface area (Å²) in [5.41, 5.74) is 0.340. The molecule has 0 saturated carbocycles. The second kappa shape index (κ2) is 5.99. The van der Waals surface area contributed by atoms with Crippen molar-refractivity contribution in [3.05, 3.63) is 29.8 Å². The third-order valence-corrected chi connectivity index (χ3v) is 3.08. The zero-order chi connectivity index (χ0) is 14.8. The molecular weight excluding hydrogens is 275 g/mol. The lowest BCUT2D eigenvalue weighted by molar-refractivity contribution is -0.274. The number of hydrogen-bond acceptors (Lipinski definition) is 4. The van der Waals surface area contributed by atoms with Gasteiger partial charge >= 0.3 is 6.36 Å². The fourth-order valence-electron chi connectivity index (χ4n) is 2.11. The quantitative estimate of drug-likeness (QED) is 0.924. The smallest absolute Gasteiger partial charge is 0.406 e. The minimum atomic E-state index is -4.74. The number of likely N-dealkylation sites (N-methyl/N-ethyl adjacent to an activating group) is 1. The minimum Gasteiger partial charge on any atom is -0.406 e. The van der Waals surface area contributed by atoms with E-state index < -0.39 is 18.6 Å². The van der Waals surface area contributed by atoms with Gasteiger partial charge in [-0.15, -0.1) is 13.2 Å². The summed E-state index contributed by atoms with van der Waals surface area (Å²) >= 11 is 0. The lowest BCUT2D eigenvalue weighted by Crippen LogP contribution is -2.42. The number of hydrogen-bond donors (Lipinski definition) is 1. The highest BCUT2D eigenvalue weighted by atomic mass is 19.4. The Kier molecular flexibility index (Phi) is 4.52. The van der Waals surface area contributed by atoms with E-state index >= 15 is 0 Å². The van der Waals surface area contributed by atoms with Crippen molar-refractivity contribution in [3.63, 3.8) is 0 Å². The van der Waals surface area contributed by atoms with Crippen LogP contribution in [-0.2, 0) is 4.74 Å². The summed E-state index contributed by atoms with van der Waals surface area (Å²) in [7, 11) is 1.89. The number of aliphatic hydroxyl groups is 1. The van der Waals surface area contributed by atoms with E-state index in [1.165, 1.54) is 18.2 Å². The van der Waals surface area contributed by atoms with Crippen LogP contribution in [-0.4, -0.2) is 49.2 Å². The van der Waals surface area contributed by atoms with E-state index in [4.69, 9.17) is 4.74 Å². The molecule has 0 amide bonds. The second-order valence-electron chi connectivity index (χ2n) is 4.74. The number of ether oxygens (including phenoxy) is 2. The molecule has 2 atom stereocenters. The van der Waals surface area contributed by atoms with Crippen LogP contribution in [0.1, 0.15) is 11.7 Å². The molecule has 0 radical (unpaired) electrons. The van der Waals surface area contributed by atoms with Crippen molar-refractivity contribution in [2.75, 3.05) is 26.7 Å². The van der Waals surface area contributed by atoms with Gasteiger partial charge in [0.1, 0.15) is 18.0 Å². The summed E-state index contributed by atoms with van der Waals surface area (Å²) in [4.78, 5) is 1.99. The van der Waals surface area contributed by atoms with Crippen molar-refractivity contribution in [1.29, 1.82) is 0 Å². The number of rotatable bonds is 3. The van der Waals surface area contributed by atoms with Crippen molar-refractivity contribution < 1.29 is 27.8 Å². The van der Waals surface area contributed by atoms with Gasteiger partial charge in [-0.25, -0.2) is 0 Å². The lowest BCUT2D eigenvalue weighted by Gasteiger charge is -2.33. The monoisotopic (exact) mass is 291 g/mol. The predicted molar refractivity (Wildman–Crippen MR) is 65.3 cm³/mol. The molecule has 1 N–H and O–H groups in total. The van der Waals surface area contributed by atoms with Crippen LogP contribution in [0.15, 0.2) is 24.3 Å². The fourth-order valence-corrected chi connectivity index (χ4v) is 2.11. The van der Waals surface area contributed by atoms with Crippen LogP contribution in [0.5, 0.6) is 5.75 Å². The van der Waals surface area contributed by atoms with Gasteiger partial charge in [0, 0.05) is 13.1 Å². The molecule has 1 aliphatic heterocycles. The van der Waals surface area contributed by atoms with E-state index in [9.17, 15) is 18.3 Å². The van der Waals surface area contributed by atoms with Crippen molar-refractivity contribution in [2.45, 2.75) is 18.6 Å². The Morgan fingerprint density at radius 1 is 1.45 bits per heavy atom. The zero-order valence-electron chi connectivity index (χ0n) is 10.9. The molecular formula is C13H16F3NO3. The Labute approximate surface area is 114 Å². The van der Waals surface area contributed by atoms with Gasteiger partial charge in [0.05, 0.1) is 6.61 Å². The summed E-state index contributed by atoms with van der Waals surface area (Å²) in [6, 6.07) is 5.33. The molecule has 112 valence electrons. The molecule has 0 aliphatic carbocycles. The standard InChI is InChI=1S/C13H16F3NO3/c1-17-5-6-19-11(8-17)12(18)9-3-2-4-10(7-9)20-13(14,15)16/h2-4,7,11-12,18H,5-6,8H2,1H3. The molecule has 1 saturated heterocycles. The maximum Gasteiger partial charge on any atom is 0.573 e. The number of benzene rings is 1. The third kappa shape index (κ3) is 4.09. The van der Waals surface area contributed by atoms with Crippen molar-refractivity contribution in [3.8, 4) is 5.75 Å². The molecule has 1 aliphatic rings. The van der Waals surface area contributed by atoms with Crippen LogP contribution in [0.4, 0.5) is 13.2 Å². The van der Waals surface area contributed by atoms with Gasteiger partial charge in [0.2, 0.25) is 0 Å². The number of morpholine rings is 1. The molecule has 1 aromatic carbocycles. The minimum absolute atomic E-state index is 0.340. The predicted octanol–water partition coefficient (Wildman–Crippen LogP) is 1.95. The summed E-state index contributed by atoms with van der Waals surface area (Å²) in [5.74, 6) is -0.349. The highest BCUT2D eigenvalue weighted by Crippen LogP contribution is 2.28. The zero-order valence-corrected chi connectivity index (χ0v) is 10.9. The Morgan fingerprint density at radius 2 is 2.20 bits per heavy atom. The molecule has 20 heavy (non-hydrogen) atoms. The summed E-state index contributed by atoms with van der Waals surface area (Å²) in [6.07, 6.45) is -6.20. The topological polar surface area (TPSA) is 41.9 Å². The van der Waals surface area contributed by atoms with E-state index in [0.717, 1.165) is 6.54 Å². The third-order valence-electron chi connectivity index (χ3n) is 3.08. The molecule has 1 fully saturated rings. The average Bonchev–Trinajstić information content (AvgIpc) is 2.36. The van der Waals surface area contributed by atoms with Gasteiger partial charge in [-0.05, 0) is 24.7 Å². The summed E-state index contributed by atoms with van der Waals surface area (Å²) in [6.45, 7) is 1.77. The largest absolute Gasteiger partial charge is 0.573 e. The Hall–Kier alpha value is -1.31. The van der Waals surface area contributed by atoms with Crippen LogP contribution in [0.3, 0.4) is 0 Å². The Bertz CT molecular complexity index is 453. The van der Waals surface area contributed by atoms with E-state index in [2.05, 4.69) is 4.74 Å². The highest BCUT2D eigenvalue weighted by molar-refractivity contribution is 5.30. The average molecular weight is 291 g/mol. The number of aliphatic hydroxyl groups excluding tert-OH is 1. The van der Waals surface area contributed by atoms with E-state index in [1.807, 2.05) is 11.9 Å². The SMILES string of the molecule is CN1CCOC(C(O)c2cccc(OC(F)(F)F)c2)C1. The first kappa shape index (κ1) is 15.1. The van der Waals surface area contributed by atoms with E-state index in [-0.39, 0.29) is 5.75 Å². The molecule has 2 unspecified atom stereocenters. The van der Waals surface area contributed by atoms with Gasteiger partial charge < -0.3 is 19.5 Å². The molecule has 0 spiro atoms. The van der Waals surface area contributed by atoms with E-state index in [1.54, 1.807) is 6.07 Å². The maximum absolute atomic E-state index is 12.2. The molecule has 7 heteroatoms. The lowest BCUT2D eigenvalue weighted by atomic mass is 10.0. The van der Waals surface area contributed by atoms with E-state index in [0.29, 0.717) is 18.7 Å². The van der Waals surface area contributed by atoms with Gasteiger partial charge in [-0.2, -0.15) is 0 Å². The number of halogens is 3. The first-order chi connectivity index (χ1) is 9.35. The molecule has 0 bridgehead atoms. The van der Waals surface area contributed by atoms with Gasteiger partial charge in [0.25, 0.3) is 0 Å². The highest BCUT2D eigenvalue weighted by Gasteiger charge is 2.32. The molecule has 4 nitrogen and oxygen atoms in total. The molecule has 2 rings (SSSR count). The van der Waals surface area contributed by atoms with Crippen molar-refractivity contribution in [2.24, 2.45) is 0 Å². The van der Waals surface area contributed by atoms with Crippen LogP contribution >= 0.6 is 0 Å². The normalized spacial score (nSPS) is 22.6. The van der Waals surface area contributed by atoms with Crippen molar-refractivity contribution in [1.82, 2.24) is 4.90 Å². The molecule has 1 aromatic rings. The molecule has 0 aromatic heterocycles. The Morgan fingerprint density at radius 3 is 2.85 bits per heavy atom. The fraction of sp³-hybridized carbons (Fsp3) is 0.538. The summed E-state index contributed by atoms with van der Waals surface area (Å²) in [5, 5.41) is 10.2. The number of nitrogens with zero attached hydrogens (tertiary/aromatic N) is 1. The first-order valence-corrected chi connectivity index (χ1v) is 6.19. The summed E-state index contributed by atoms with van der Waals surface area (Å²) < 4.78 is 45.8. The Balaban J connectivity index is 2.09.